The third kappa shape index (κ3) is 8.78. The van der Waals surface area contributed by atoms with Crippen LogP contribution in [0.5, 0.6) is 5.75 Å². The summed E-state index contributed by atoms with van der Waals surface area (Å²) in [6.07, 6.45) is 2.01. The lowest BCUT2D eigenvalue weighted by molar-refractivity contribution is -0.932. The summed E-state index contributed by atoms with van der Waals surface area (Å²) in [5, 5.41) is 10.7. The molecule has 0 bridgehead atoms. The molecule has 4 nitrogen and oxygen atoms in total. The number of hydrogen-bond donors (Lipinski definition) is 1. The van der Waals surface area contributed by atoms with Crippen molar-refractivity contribution in [3.8, 4) is 5.75 Å². The molecule has 2 aromatic rings. The van der Waals surface area contributed by atoms with Crippen molar-refractivity contribution in [2.24, 2.45) is 0 Å². The third-order valence-electron chi connectivity index (χ3n) is 6.92. The highest BCUT2D eigenvalue weighted by Crippen LogP contribution is 2.35. The summed E-state index contributed by atoms with van der Waals surface area (Å²) in [4.78, 5) is 0. The standard InChI is InChI=1S/C30H46NO3.ClH/c1-29(2,3)25-14-15-28(27(20-25)30(4,5)6)34-19-18-33-23-26(32)22-31(16-10-11-17-31)21-24-12-8-7-9-13-24;/h7-9,12-15,20,26,32H,10-11,16-19,21-23H2,1-6H3;1H/q+1;/p-1. The number of aliphatic hydroxyl groups excluding tert-OH is 1. The SMILES string of the molecule is CC(C)(C)c1ccc(OCCOCC(O)C[N+]2(Cc3ccccc3)CCCC2)c(C(C)(C)C)c1.[Cl-]. The predicted octanol–water partition coefficient (Wildman–Crippen LogP) is 2.85. The molecule has 1 fully saturated rings. The molecule has 2 aromatic carbocycles. The number of nitrogens with zero attached hydrogens (tertiary/aromatic N) is 1. The van der Waals surface area contributed by atoms with Gasteiger partial charge in [0.25, 0.3) is 0 Å². The first-order valence-corrected chi connectivity index (χ1v) is 12.9. The Bertz CT molecular complexity index is 896. The Morgan fingerprint density at radius 3 is 2.14 bits per heavy atom. The van der Waals surface area contributed by atoms with Crippen LogP contribution in [0.3, 0.4) is 0 Å². The van der Waals surface area contributed by atoms with Gasteiger partial charge < -0.3 is 31.5 Å². The van der Waals surface area contributed by atoms with E-state index in [0.717, 1.165) is 36.4 Å². The maximum atomic E-state index is 10.7. The molecule has 3 rings (SSSR count). The van der Waals surface area contributed by atoms with Crippen molar-refractivity contribution < 1.29 is 31.5 Å². The van der Waals surface area contributed by atoms with Crippen LogP contribution in [0.25, 0.3) is 0 Å². The number of ether oxygens (including phenoxy) is 2. The van der Waals surface area contributed by atoms with Crippen LogP contribution < -0.4 is 17.1 Å². The fourth-order valence-electron chi connectivity index (χ4n) is 5.02. The van der Waals surface area contributed by atoms with Crippen LogP contribution >= 0.6 is 0 Å². The first kappa shape index (κ1) is 29.6. The van der Waals surface area contributed by atoms with Crippen molar-refractivity contribution in [1.82, 2.24) is 0 Å². The molecule has 1 N–H and O–H groups in total. The minimum absolute atomic E-state index is 0. The number of hydrogen-bond acceptors (Lipinski definition) is 3. The lowest BCUT2D eigenvalue weighted by Gasteiger charge is -2.36. The second-order valence-corrected chi connectivity index (χ2v) is 12.1. The molecular formula is C30H46ClNO3. The normalized spacial score (nSPS) is 16.5. The van der Waals surface area contributed by atoms with Gasteiger partial charge in [-0.2, -0.15) is 0 Å². The van der Waals surface area contributed by atoms with E-state index >= 15 is 0 Å². The van der Waals surface area contributed by atoms with E-state index in [0.29, 0.717) is 19.8 Å². The van der Waals surface area contributed by atoms with Gasteiger partial charge in [0.1, 0.15) is 31.5 Å². The van der Waals surface area contributed by atoms with Gasteiger partial charge in [-0.05, 0) is 28.0 Å². The van der Waals surface area contributed by atoms with Crippen molar-refractivity contribution in [3.63, 3.8) is 0 Å². The molecule has 1 saturated heterocycles. The molecule has 1 heterocycles. The van der Waals surface area contributed by atoms with E-state index in [1.165, 1.54) is 29.5 Å². The molecule has 5 heteroatoms. The van der Waals surface area contributed by atoms with E-state index in [9.17, 15) is 5.11 Å². The highest BCUT2D eigenvalue weighted by molar-refractivity contribution is 5.43. The van der Waals surface area contributed by atoms with Crippen LogP contribution in [0.2, 0.25) is 0 Å². The average Bonchev–Trinajstić information content (AvgIpc) is 3.20. The second kappa shape index (κ2) is 12.6. The molecule has 0 aliphatic carbocycles. The van der Waals surface area contributed by atoms with Crippen LogP contribution in [-0.4, -0.2) is 55.1 Å². The van der Waals surface area contributed by atoms with E-state index in [2.05, 4.69) is 90.1 Å². The Morgan fingerprint density at radius 1 is 0.886 bits per heavy atom. The molecule has 0 saturated carbocycles. The maximum absolute atomic E-state index is 10.7. The number of quaternary nitrogens is 1. The molecule has 1 atom stereocenters. The fraction of sp³-hybridized carbons (Fsp3) is 0.600. The number of benzene rings is 2. The first-order valence-electron chi connectivity index (χ1n) is 12.9. The van der Waals surface area contributed by atoms with Gasteiger partial charge in [-0.1, -0.05) is 84.0 Å². The van der Waals surface area contributed by atoms with Gasteiger partial charge in [-0.25, -0.2) is 0 Å². The number of likely N-dealkylation sites (tertiary alicyclic amines) is 1. The Morgan fingerprint density at radius 2 is 1.54 bits per heavy atom. The fourth-order valence-corrected chi connectivity index (χ4v) is 5.02. The molecular weight excluding hydrogens is 458 g/mol. The number of aliphatic hydroxyl groups is 1. The molecule has 1 aliphatic heterocycles. The molecule has 0 amide bonds. The van der Waals surface area contributed by atoms with Crippen LogP contribution in [-0.2, 0) is 22.1 Å². The lowest BCUT2D eigenvalue weighted by atomic mass is 9.80. The zero-order valence-corrected chi connectivity index (χ0v) is 23.4. The number of halogens is 1. The summed E-state index contributed by atoms with van der Waals surface area (Å²) in [7, 11) is 0. The molecule has 0 spiro atoms. The van der Waals surface area contributed by atoms with E-state index in [1.54, 1.807) is 0 Å². The van der Waals surface area contributed by atoms with Gasteiger partial charge in [0.05, 0.1) is 26.3 Å². The Balaban J connectivity index is 0.00000432. The van der Waals surface area contributed by atoms with Gasteiger partial charge >= 0.3 is 0 Å². The van der Waals surface area contributed by atoms with Crippen molar-refractivity contribution >= 4 is 0 Å². The lowest BCUT2D eigenvalue weighted by Crippen LogP contribution is -3.00. The van der Waals surface area contributed by atoms with E-state index in [-0.39, 0.29) is 23.2 Å². The van der Waals surface area contributed by atoms with Crippen molar-refractivity contribution in [1.29, 1.82) is 0 Å². The van der Waals surface area contributed by atoms with Crippen molar-refractivity contribution in [2.45, 2.75) is 77.9 Å². The van der Waals surface area contributed by atoms with Crippen LogP contribution in [0.1, 0.15) is 71.1 Å². The minimum Gasteiger partial charge on any atom is -1.00 e. The summed E-state index contributed by atoms with van der Waals surface area (Å²) in [5.41, 5.74) is 3.99. The summed E-state index contributed by atoms with van der Waals surface area (Å²) in [6, 6.07) is 17.2. The zero-order valence-electron chi connectivity index (χ0n) is 22.6. The Kier molecular flexibility index (Phi) is 10.7. The second-order valence-electron chi connectivity index (χ2n) is 12.1. The third-order valence-corrected chi connectivity index (χ3v) is 6.92. The van der Waals surface area contributed by atoms with Gasteiger partial charge in [-0.15, -0.1) is 0 Å². The molecule has 0 radical (unpaired) electrons. The van der Waals surface area contributed by atoms with Gasteiger partial charge in [0, 0.05) is 18.4 Å². The van der Waals surface area contributed by atoms with Crippen LogP contribution in [0.15, 0.2) is 48.5 Å². The van der Waals surface area contributed by atoms with Crippen LogP contribution in [0.4, 0.5) is 0 Å². The zero-order chi connectivity index (χ0) is 24.8. The molecule has 196 valence electrons. The average molecular weight is 504 g/mol. The summed E-state index contributed by atoms with van der Waals surface area (Å²) in [5.74, 6) is 0.925. The topological polar surface area (TPSA) is 38.7 Å². The smallest absolute Gasteiger partial charge is 0.126 e. The quantitative estimate of drug-likeness (QED) is 0.400. The molecule has 1 unspecified atom stereocenters. The largest absolute Gasteiger partial charge is 1.00 e. The van der Waals surface area contributed by atoms with Gasteiger partial charge in [-0.3, -0.25) is 0 Å². The maximum Gasteiger partial charge on any atom is 0.126 e. The van der Waals surface area contributed by atoms with Gasteiger partial charge in [0.15, 0.2) is 0 Å². The first-order chi connectivity index (χ1) is 16.0. The Labute approximate surface area is 219 Å². The molecule has 0 aromatic heterocycles. The van der Waals surface area contributed by atoms with Crippen molar-refractivity contribution in [2.75, 3.05) is 39.5 Å². The Hall–Kier alpha value is -1.59. The highest BCUT2D eigenvalue weighted by Gasteiger charge is 2.34. The predicted molar refractivity (Wildman–Crippen MR) is 140 cm³/mol. The summed E-state index contributed by atoms with van der Waals surface area (Å²) < 4.78 is 12.9. The van der Waals surface area contributed by atoms with Crippen molar-refractivity contribution in [3.05, 3.63) is 65.2 Å². The molecule has 35 heavy (non-hydrogen) atoms. The monoisotopic (exact) mass is 503 g/mol. The minimum atomic E-state index is -0.460. The highest BCUT2D eigenvalue weighted by atomic mass is 35.5. The summed E-state index contributed by atoms with van der Waals surface area (Å²) in [6.45, 7) is 18.7. The van der Waals surface area contributed by atoms with E-state index in [1.807, 2.05) is 0 Å². The van der Waals surface area contributed by atoms with Crippen LogP contribution in [0, 0.1) is 0 Å². The van der Waals surface area contributed by atoms with Gasteiger partial charge in [0.2, 0.25) is 0 Å². The van der Waals surface area contributed by atoms with E-state index in [4.69, 9.17) is 9.47 Å². The molecule has 1 aliphatic rings. The number of rotatable bonds is 10. The van der Waals surface area contributed by atoms with E-state index < -0.39 is 6.10 Å². The summed E-state index contributed by atoms with van der Waals surface area (Å²) >= 11 is 0.